The van der Waals surface area contributed by atoms with Gasteiger partial charge in [-0.2, -0.15) is 6.07 Å². The van der Waals surface area contributed by atoms with Crippen LogP contribution in [-0.2, 0) is 26.5 Å². The van der Waals surface area contributed by atoms with Crippen molar-refractivity contribution in [3.05, 3.63) is 212 Å². The minimum Gasteiger partial charge on any atom is -0.509 e. The molecular weight excluding hydrogens is 964 g/mol. The summed E-state index contributed by atoms with van der Waals surface area (Å²) in [5, 5.41) is 2.22. The van der Waals surface area contributed by atoms with Gasteiger partial charge in [-0.1, -0.05) is 156 Å². The second-order valence-electron chi connectivity index (χ2n) is 18.3. The van der Waals surface area contributed by atoms with Gasteiger partial charge in [0, 0.05) is 61.1 Å². The van der Waals surface area contributed by atoms with Crippen molar-refractivity contribution < 1.29 is 25.8 Å². The molecule has 0 saturated carbocycles. The maximum Gasteiger partial charge on any atom is 0.135 e. The SMILES string of the molecule is CC(C)(C)C1=CN(c2[c-]c(Oc3[c-]c4c(cc3)c3ccccc3n4-c3cc(C(C)(C)C)ccn3)cc(-c3ccccc3)c2)[CH-]N1c1cc(-c2ccccc2)cc(-c2ccccc2)c1.[Pt]. The summed E-state index contributed by atoms with van der Waals surface area (Å²) in [6, 6.07) is 67.1. The minimum absolute atomic E-state index is 0. The predicted octanol–water partition coefficient (Wildman–Crippen LogP) is 15.2. The Kier molecular flexibility index (Phi) is 11.4. The number of hydrogen-bond acceptors (Lipinski definition) is 4. The Labute approximate surface area is 391 Å². The van der Waals surface area contributed by atoms with Gasteiger partial charge in [-0.3, -0.25) is 0 Å². The smallest absolute Gasteiger partial charge is 0.135 e. The quantitative estimate of drug-likeness (QED) is 0.142. The van der Waals surface area contributed by atoms with Crippen LogP contribution in [0.4, 0.5) is 11.4 Å². The number of rotatable bonds is 8. The average Bonchev–Trinajstić information content (AvgIpc) is 3.91. The average molecular weight is 1010 g/mol. The molecule has 5 nitrogen and oxygen atoms in total. The van der Waals surface area contributed by atoms with Crippen LogP contribution in [0, 0.1) is 24.2 Å². The van der Waals surface area contributed by atoms with Crippen molar-refractivity contribution in [2.24, 2.45) is 5.41 Å². The number of para-hydroxylation sites is 1. The normalized spacial score (nSPS) is 13.0. The van der Waals surface area contributed by atoms with Crippen LogP contribution in [0.5, 0.6) is 11.5 Å². The molecule has 0 unspecified atom stereocenters. The summed E-state index contributed by atoms with van der Waals surface area (Å²) in [5.74, 6) is 2.03. The molecule has 7 aromatic carbocycles. The standard InChI is InChI=1S/C58H49N4O.Pt/c1-57(2,3)46-28-29-59-56(35-46)62-53-25-17-16-24-51(53)52-27-26-49(37-54(52)62)63-50-34-45(42-22-14-9-15-23-42)31-47(36-50)60-38-55(58(4,5)6)61(39-60)48-32-43(40-18-10-7-11-19-40)30-44(33-48)41-20-12-8-13-21-41;/h7-35,38-39H,1-6H3;/q-3;. The predicted molar refractivity (Wildman–Crippen MR) is 261 cm³/mol. The third kappa shape index (κ3) is 8.41. The van der Waals surface area contributed by atoms with E-state index in [9.17, 15) is 0 Å². The molecule has 1 aliphatic heterocycles. The van der Waals surface area contributed by atoms with E-state index in [0.717, 1.165) is 66.9 Å². The van der Waals surface area contributed by atoms with Gasteiger partial charge >= 0.3 is 0 Å². The number of pyridine rings is 1. The molecule has 6 heteroatoms. The van der Waals surface area contributed by atoms with Crippen molar-refractivity contribution in [3.8, 4) is 50.7 Å². The van der Waals surface area contributed by atoms with E-state index < -0.39 is 0 Å². The molecule has 1 aliphatic rings. The fraction of sp³-hybridized carbons (Fsp3) is 0.138. The zero-order chi connectivity index (χ0) is 43.3. The van der Waals surface area contributed by atoms with Gasteiger partial charge in [-0.15, -0.1) is 53.6 Å². The maximum absolute atomic E-state index is 6.83. The van der Waals surface area contributed by atoms with E-state index >= 15 is 0 Å². The molecule has 0 N–H and O–H groups in total. The molecule has 10 rings (SSSR count). The maximum atomic E-state index is 6.83. The molecule has 2 aromatic heterocycles. The van der Waals surface area contributed by atoms with Gasteiger partial charge in [-0.05, 0) is 86.8 Å². The Morgan fingerprint density at radius 3 is 1.73 bits per heavy atom. The molecular formula is C58H49N4OPt-3. The Morgan fingerprint density at radius 2 is 1.12 bits per heavy atom. The Balaban J connectivity index is 0.00000518. The summed E-state index contributed by atoms with van der Waals surface area (Å²) < 4.78 is 9.03. The van der Waals surface area contributed by atoms with Crippen molar-refractivity contribution in [3.63, 3.8) is 0 Å². The van der Waals surface area contributed by atoms with Gasteiger partial charge in [0.05, 0.1) is 0 Å². The van der Waals surface area contributed by atoms with Crippen molar-refractivity contribution >= 4 is 33.2 Å². The van der Waals surface area contributed by atoms with E-state index in [4.69, 9.17) is 9.72 Å². The zero-order valence-electron chi connectivity index (χ0n) is 36.9. The molecule has 320 valence electrons. The van der Waals surface area contributed by atoms with E-state index in [1.807, 2.05) is 18.3 Å². The molecule has 64 heavy (non-hydrogen) atoms. The fourth-order valence-corrected chi connectivity index (χ4v) is 8.47. The summed E-state index contributed by atoms with van der Waals surface area (Å²) in [7, 11) is 0. The van der Waals surface area contributed by atoms with Crippen molar-refractivity contribution in [1.82, 2.24) is 9.55 Å². The van der Waals surface area contributed by atoms with Crippen LogP contribution in [0.2, 0.25) is 0 Å². The third-order valence-corrected chi connectivity index (χ3v) is 11.8. The Morgan fingerprint density at radius 1 is 0.531 bits per heavy atom. The minimum atomic E-state index is -0.193. The Hall–Kier alpha value is -6.68. The van der Waals surface area contributed by atoms with E-state index in [0.29, 0.717) is 11.5 Å². The summed E-state index contributed by atoms with van der Waals surface area (Å²) >= 11 is 0. The number of benzene rings is 7. The number of allylic oxidation sites excluding steroid dienone is 1. The van der Waals surface area contributed by atoms with Crippen LogP contribution in [0.1, 0.15) is 47.1 Å². The molecule has 3 heterocycles. The van der Waals surface area contributed by atoms with Crippen LogP contribution in [0.25, 0.3) is 61.0 Å². The monoisotopic (exact) mass is 1010 g/mol. The third-order valence-electron chi connectivity index (χ3n) is 11.8. The molecule has 0 atom stereocenters. The molecule has 0 aliphatic carbocycles. The Bertz CT molecular complexity index is 3090. The first-order valence-electron chi connectivity index (χ1n) is 21.6. The van der Waals surface area contributed by atoms with Gasteiger partial charge in [0.1, 0.15) is 5.82 Å². The fourth-order valence-electron chi connectivity index (χ4n) is 8.47. The van der Waals surface area contributed by atoms with Crippen molar-refractivity contribution in [1.29, 1.82) is 0 Å². The van der Waals surface area contributed by atoms with Crippen LogP contribution in [0.3, 0.4) is 0 Å². The number of hydrogen-bond donors (Lipinski definition) is 0. The second-order valence-corrected chi connectivity index (χ2v) is 18.3. The second kappa shape index (κ2) is 17.1. The van der Waals surface area contributed by atoms with Crippen LogP contribution in [-0.4, -0.2) is 9.55 Å². The zero-order valence-corrected chi connectivity index (χ0v) is 39.2. The van der Waals surface area contributed by atoms with Gasteiger partial charge in [0.2, 0.25) is 0 Å². The van der Waals surface area contributed by atoms with E-state index in [1.165, 1.54) is 16.7 Å². The van der Waals surface area contributed by atoms with Gasteiger partial charge in [0.15, 0.2) is 0 Å². The summed E-state index contributed by atoms with van der Waals surface area (Å²) in [6.07, 6.45) is 4.14. The van der Waals surface area contributed by atoms with Gasteiger partial charge < -0.3 is 19.1 Å². The molecule has 0 radical (unpaired) electrons. The first-order chi connectivity index (χ1) is 30.5. The van der Waals surface area contributed by atoms with Crippen molar-refractivity contribution in [2.45, 2.75) is 47.0 Å². The number of anilines is 2. The van der Waals surface area contributed by atoms with E-state index in [1.54, 1.807) is 0 Å². The van der Waals surface area contributed by atoms with Gasteiger partial charge in [-0.25, -0.2) is 4.98 Å². The summed E-state index contributed by atoms with van der Waals surface area (Å²) in [5.41, 5.74) is 12.8. The molecule has 0 saturated heterocycles. The van der Waals surface area contributed by atoms with E-state index in [-0.39, 0.29) is 31.9 Å². The number of ether oxygens (including phenoxy) is 1. The number of fused-ring (bicyclic) bond motifs is 3. The number of aromatic nitrogens is 2. The molecule has 0 spiro atoms. The first kappa shape index (κ1) is 42.6. The molecule has 0 amide bonds. The topological polar surface area (TPSA) is 33.5 Å². The van der Waals surface area contributed by atoms with Crippen LogP contribution < -0.4 is 14.5 Å². The molecule has 0 fully saturated rings. The molecule has 9 aromatic rings. The summed E-state index contributed by atoms with van der Waals surface area (Å²) in [6.45, 7) is 15.7. The van der Waals surface area contributed by atoms with Crippen molar-refractivity contribution in [2.75, 3.05) is 9.80 Å². The van der Waals surface area contributed by atoms with Gasteiger partial charge in [0.25, 0.3) is 0 Å². The van der Waals surface area contributed by atoms with E-state index in [2.05, 4.69) is 239 Å². The molecule has 0 bridgehead atoms. The number of nitrogens with zero attached hydrogens (tertiary/aromatic N) is 4. The summed E-state index contributed by atoms with van der Waals surface area (Å²) in [4.78, 5) is 9.38. The van der Waals surface area contributed by atoms with Crippen LogP contribution >= 0.6 is 0 Å². The van der Waals surface area contributed by atoms with Crippen LogP contribution in [0.15, 0.2) is 188 Å². The first-order valence-corrected chi connectivity index (χ1v) is 21.6. The largest absolute Gasteiger partial charge is 0.509 e.